The third-order valence-electron chi connectivity index (χ3n) is 6.00. The van der Waals surface area contributed by atoms with Crippen LogP contribution in [0.25, 0.3) is 0 Å². The highest BCUT2D eigenvalue weighted by atomic mass is 16.5. The molecule has 7 heteroatoms. The molecule has 0 N–H and O–H groups in total. The minimum absolute atomic E-state index is 0.00508. The van der Waals surface area contributed by atoms with Gasteiger partial charge in [0.05, 0.1) is 38.8 Å². The van der Waals surface area contributed by atoms with Crippen LogP contribution in [0.4, 0.5) is 5.69 Å². The number of methoxy groups -OCH3 is 1. The van der Waals surface area contributed by atoms with Crippen LogP contribution in [0.15, 0.2) is 36.4 Å². The van der Waals surface area contributed by atoms with Gasteiger partial charge < -0.3 is 24.0 Å². The van der Waals surface area contributed by atoms with E-state index in [0.29, 0.717) is 37.6 Å². The van der Waals surface area contributed by atoms with E-state index in [0.717, 1.165) is 22.4 Å². The molecule has 0 unspecified atom stereocenters. The van der Waals surface area contributed by atoms with Gasteiger partial charge in [-0.25, -0.2) is 0 Å². The van der Waals surface area contributed by atoms with E-state index >= 15 is 0 Å². The molecule has 170 valence electrons. The Morgan fingerprint density at radius 2 is 1.69 bits per heavy atom. The molecule has 2 aromatic carbocycles. The first-order valence-electron chi connectivity index (χ1n) is 11.0. The van der Waals surface area contributed by atoms with Gasteiger partial charge in [-0.2, -0.15) is 0 Å². The molecule has 0 saturated carbocycles. The number of benzene rings is 2. The summed E-state index contributed by atoms with van der Waals surface area (Å²) in [6.07, 6.45) is 0.338. The molecule has 0 bridgehead atoms. The maximum absolute atomic E-state index is 12.9. The fourth-order valence-corrected chi connectivity index (χ4v) is 4.27. The van der Waals surface area contributed by atoms with E-state index in [4.69, 9.17) is 14.2 Å². The Kier molecular flexibility index (Phi) is 6.37. The first-order chi connectivity index (χ1) is 15.4. The molecular weight excluding hydrogens is 408 g/mol. The van der Waals surface area contributed by atoms with E-state index in [-0.39, 0.29) is 30.6 Å². The minimum atomic E-state index is -0.0403. The van der Waals surface area contributed by atoms with E-state index in [1.54, 1.807) is 12.0 Å². The van der Waals surface area contributed by atoms with Crippen molar-refractivity contribution >= 4 is 17.5 Å². The zero-order valence-corrected chi connectivity index (χ0v) is 19.1. The number of fused-ring (bicyclic) bond motifs is 1. The molecule has 1 fully saturated rings. The molecule has 0 spiro atoms. The van der Waals surface area contributed by atoms with Gasteiger partial charge in [0.25, 0.3) is 0 Å². The lowest BCUT2D eigenvalue weighted by Crippen LogP contribution is -2.42. The summed E-state index contributed by atoms with van der Waals surface area (Å²) in [4.78, 5) is 28.7. The molecule has 7 nitrogen and oxygen atoms in total. The lowest BCUT2D eigenvalue weighted by atomic mass is 9.97. The van der Waals surface area contributed by atoms with E-state index in [9.17, 15) is 9.59 Å². The van der Waals surface area contributed by atoms with E-state index < -0.39 is 0 Å². The first kappa shape index (κ1) is 22.1. The lowest BCUT2D eigenvalue weighted by molar-refractivity contribution is -0.145. The number of hydrogen-bond donors (Lipinski definition) is 0. The quantitative estimate of drug-likeness (QED) is 0.691. The predicted octanol–water partition coefficient (Wildman–Crippen LogP) is 3.49. The number of carbonyl (C=O) groups is 2. The van der Waals surface area contributed by atoms with Crippen LogP contribution in [0.1, 0.15) is 43.5 Å². The molecule has 2 aliphatic heterocycles. The van der Waals surface area contributed by atoms with E-state index in [1.165, 1.54) is 0 Å². The van der Waals surface area contributed by atoms with Crippen molar-refractivity contribution in [1.29, 1.82) is 0 Å². The van der Waals surface area contributed by atoms with E-state index in [2.05, 4.69) is 0 Å². The Balaban J connectivity index is 1.55. The largest absolute Gasteiger partial charge is 0.493 e. The molecule has 32 heavy (non-hydrogen) atoms. The summed E-state index contributed by atoms with van der Waals surface area (Å²) >= 11 is 0. The van der Waals surface area contributed by atoms with Crippen molar-refractivity contribution in [3.8, 4) is 11.5 Å². The Morgan fingerprint density at radius 3 is 2.34 bits per heavy atom. The summed E-state index contributed by atoms with van der Waals surface area (Å²) in [5.41, 5.74) is 3.89. The van der Waals surface area contributed by atoms with Crippen molar-refractivity contribution in [3.63, 3.8) is 0 Å². The summed E-state index contributed by atoms with van der Waals surface area (Å²) in [6, 6.07) is 11.7. The predicted molar refractivity (Wildman–Crippen MR) is 121 cm³/mol. The van der Waals surface area contributed by atoms with Gasteiger partial charge in [0, 0.05) is 12.2 Å². The monoisotopic (exact) mass is 438 g/mol. The van der Waals surface area contributed by atoms with Crippen LogP contribution in [0.3, 0.4) is 0 Å². The summed E-state index contributed by atoms with van der Waals surface area (Å²) in [5, 5.41) is 0. The standard InChI is InChI=1S/C25H30N2O5/c1-16(2)32-23-12-20-14-27(24(28)13-19(20)11-22(23)30-4)21-7-5-18(6-8-21)17(3)26-9-10-31-15-25(26)29/h5-8,11-12,16-17H,9-10,13-15H2,1-4H3/t17-/m0/s1. The molecule has 2 amide bonds. The number of rotatable bonds is 6. The van der Waals surface area contributed by atoms with Crippen LogP contribution >= 0.6 is 0 Å². The van der Waals surface area contributed by atoms with Gasteiger partial charge in [0.2, 0.25) is 11.8 Å². The Bertz CT molecular complexity index is 1000. The van der Waals surface area contributed by atoms with Crippen molar-refractivity contribution in [2.75, 3.05) is 31.8 Å². The number of nitrogens with zero attached hydrogens (tertiary/aromatic N) is 2. The molecule has 2 heterocycles. The van der Waals surface area contributed by atoms with Crippen molar-refractivity contribution in [2.45, 2.75) is 45.9 Å². The van der Waals surface area contributed by atoms with Gasteiger partial charge in [-0.3, -0.25) is 9.59 Å². The van der Waals surface area contributed by atoms with Crippen LogP contribution < -0.4 is 14.4 Å². The van der Waals surface area contributed by atoms with Crippen molar-refractivity contribution < 1.29 is 23.8 Å². The summed E-state index contributed by atoms with van der Waals surface area (Å²) in [5.74, 6) is 1.39. The van der Waals surface area contributed by atoms with Crippen molar-refractivity contribution in [1.82, 2.24) is 4.90 Å². The van der Waals surface area contributed by atoms with Crippen LogP contribution in [0, 0.1) is 0 Å². The number of carbonyl (C=O) groups excluding carboxylic acids is 2. The third kappa shape index (κ3) is 4.43. The second kappa shape index (κ2) is 9.20. The van der Waals surface area contributed by atoms with E-state index in [1.807, 2.05) is 62.1 Å². The van der Waals surface area contributed by atoms with Gasteiger partial charge in [-0.15, -0.1) is 0 Å². The SMILES string of the molecule is COc1cc2c(cc1OC(C)C)CN(c1ccc([C@H](C)N3CCOCC3=O)cc1)C(=O)C2. The molecule has 0 aliphatic carbocycles. The van der Waals surface area contributed by atoms with Gasteiger partial charge in [-0.05, 0) is 61.7 Å². The highest BCUT2D eigenvalue weighted by Gasteiger charge is 2.28. The fourth-order valence-electron chi connectivity index (χ4n) is 4.27. The van der Waals surface area contributed by atoms with Gasteiger partial charge in [0.1, 0.15) is 6.61 Å². The number of morpholine rings is 1. The average Bonchev–Trinajstić information content (AvgIpc) is 2.78. The zero-order valence-electron chi connectivity index (χ0n) is 19.1. The van der Waals surface area contributed by atoms with Crippen LogP contribution in [-0.2, 0) is 27.3 Å². The van der Waals surface area contributed by atoms with Crippen molar-refractivity contribution in [3.05, 3.63) is 53.1 Å². The van der Waals surface area contributed by atoms with Gasteiger partial charge in [0.15, 0.2) is 11.5 Å². The highest BCUT2D eigenvalue weighted by Crippen LogP contribution is 2.36. The van der Waals surface area contributed by atoms with Gasteiger partial charge in [-0.1, -0.05) is 12.1 Å². The second-order valence-electron chi connectivity index (χ2n) is 8.50. The molecule has 2 aliphatic rings. The second-order valence-corrected chi connectivity index (χ2v) is 8.50. The van der Waals surface area contributed by atoms with Crippen LogP contribution in [0.2, 0.25) is 0 Å². The number of hydrogen-bond acceptors (Lipinski definition) is 5. The number of ether oxygens (including phenoxy) is 3. The Morgan fingerprint density at radius 1 is 0.969 bits per heavy atom. The molecule has 0 aromatic heterocycles. The molecular formula is C25H30N2O5. The van der Waals surface area contributed by atoms with Crippen LogP contribution in [0.5, 0.6) is 11.5 Å². The maximum Gasteiger partial charge on any atom is 0.249 e. The number of amides is 2. The lowest BCUT2D eigenvalue weighted by Gasteiger charge is -2.33. The fraction of sp³-hybridized carbons (Fsp3) is 0.440. The Hall–Kier alpha value is -3.06. The molecule has 1 saturated heterocycles. The summed E-state index contributed by atoms with van der Waals surface area (Å²) in [6.45, 7) is 7.73. The highest BCUT2D eigenvalue weighted by molar-refractivity contribution is 5.96. The minimum Gasteiger partial charge on any atom is -0.493 e. The first-order valence-corrected chi connectivity index (χ1v) is 11.0. The summed E-state index contributed by atoms with van der Waals surface area (Å²) < 4.78 is 16.6. The topological polar surface area (TPSA) is 68.3 Å². The smallest absolute Gasteiger partial charge is 0.249 e. The average molecular weight is 439 g/mol. The molecule has 4 rings (SSSR count). The third-order valence-corrected chi connectivity index (χ3v) is 6.00. The summed E-state index contributed by atoms with van der Waals surface area (Å²) in [7, 11) is 1.61. The molecule has 2 aromatic rings. The molecule has 0 radical (unpaired) electrons. The molecule has 1 atom stereocenters. The number of anilines is 1. The van der Waals surface area contributed by atoms with Crippen molar-refractivity contribution in [2.24, 2.45) is 0 Å². The zero-order chi connectivity index (χ0) is 22.8. The maximum atomic E-state index is 12.9. The van der Waals surface area contributed by atoms with Crippen LogP contribution in [-0.4, -0.2) is 49.7 Å². The normalized spacial score (nSPS) is 17.4. The van der Waals surface area contributed by atoms with Gasteiger partial charge >= 0.3 is 0 Å². The Labute approximate surface area is 188 Å².